The average molecular weight is 788 g/mol. The molecule has 0 saturated heterocycles. The van der Waals surface area contributed by atoms with Crippen LogP contribution in [0.1, 0.15) is 22.3 Å². The third-order valence-corrected chi connectivity index (χ3v) is 13.2. The van der Waals surface area contributed by atoms with E-state index in [1.54, 1.807) is 0 Å². The molecule has 3 heterocycles. The van der Waals surface area contributed by atoms with Gasteiger partial charge in [0, 0.05) is 27.5 Å². The van der Waals surface area contributed by atoms with Crippen LogP contribution in [-0.2, 0) is 5.41 Å². The summed E-state index contributed by atoms with van der Waals surface area (Å²) in [7, 11) is 0. The molecule has 9 aromatic carbocycles. The Balaban J connectivity index is 1.10. The molecule has 1 aliphatic carbocycles. The zero-order valence-corrected chi connectivity index (χ0v) is 33.7. The van der Waals surface area contributed by atoms with E-state index in [1.165, 1.54) is 83.1 Å². The van der Waals surface area contributed by atoms with Crippen molar-refractivity contribution in [2.75, 3.05) is 0 Å². The van der Waals surface area contributed by atoms with Crippen LogP contribution in [0.5, 0.6) is 0 Å². The van der Waals surface area contributed by atoms with E-state index in [4.69, 9.17) is 9.97 Å². The van der Waals surface area contributed by atoms with Gasteiger partial charge in [-0.3, -0.25) is 0 Å². The van der Waals surface area contributed by atoms with Gasteiger partial charge in [0.25, 0.3) is 0 Å². The monoisotopic (exact) mass is 787 g/mol. The molecular weight excluding hydrogens is 751 g/mol. The van der Waals surface area contributed by atoms with Crippen LogP contribution in [0.4, 0.5) is 0 Å². The van der Waals surface area contributed by atoms with Crippen molar-refractivity contribution in [3.8, 4) is 73.0 Å². The number of hydrogen-bond donors (Lipinski definition) is 0. The van der Waals surface area contributed by atoms with Crippen molar-refractivity contribution in [2.24, 2.45) is 0 Å². The molecule has 0 radical (unpaired) electrons. The van der Waals surface area contributed by atoms with Gasteiger partial charge in [-0.05, 0) is 92.0 Å². The second-order valence-corrected chi connectivity index (χ2v) is 16.5. The van der Waals surface area contributed by atoms with Gasteiger partial charge in [0.1, 0.15) is 0 Å². The molecule has 0 fully saturated rings. The first-order chi connectivity index (χ1) is 30.7. The predicted octanol–water partition coefficient (Wildman–Crippen LogP) is 14.6. The SMILES string of the molecule is c1ccc(-c2cccc(-c3ccc4c(c3)-c3cc(-c5cc(-c6ccccc6)nc(-c6ccccc6)n5)ccc3C43c4ccccc4-n4c5ccccc5c5cccc3c54)c2)cc1. The van der Waals surface area contributed by atoms with Gasteiger partial charge in [-0.25, -0.2) is 9.97 Å². The van der Waals surface area contributed by atoms with E-state index in [0.717, 1.165) is 28.1 Å². The van der Waals surface area contributed by atoms with Crippen molar-refractivity contribution in [3.05, 3.63) is 247 Å². The van der Waals surface area contributed by atoms with E-state index >= 15 is 0 Å². The lowest BCUT2D eigenvalue weighted by atomic mass is 9.65. The van der Waals surface area contributed by atoms with Crippen LogP contribution in [0.3, 0.4) is 0 Å². The Bertz CT molecular complexity index is 3510. The zero-order chi connectivity index (χ0) is 40.8. The minimum Gasteiger partial charge on any atom is -0.309 e. The second-order valence-electron chi connectivity index (χ2n) is 16.5. The summed E-state index contributed by atoms with van der Waals surface area (Å²) in [5.41, 5.74) is 20.4. The number of fused-ring (bicyclic) bond motifs is 12. The van der Waals surface area contributed by atoms with Crippen molar-refractivity contribution >= 4 is 21.8 Å². The molecule has 2 aromatic heterocycles. The minimum atomic E-state index is -0.565. The molecule has 1 aliphatic heterocycles. The van der Waals surface area contributed by atoms with Crippen LogP contribution in [-0.4, -0.2) is 14.5 Å². The van der Waals surface area contributed by atoms with Crippen molar-refractivity contribution in [1.82, 2.24) is 14.5 Å². The van der Waals surface area contributed by atoms with E-state index in [-0.39, 0.29) is 0 Å². The normalized spacial score (nSPS) is 14.5. The summed E-state index contributed by atoms with van der Waals surface area (Å²) < 4.78 is 2.51. The number of aromatic nitrogens is 3. The Morgan fingerprint density at radius 2 is 0.839 bits per heavy atom. The first-order valence-corrected chi connectivity index (χ1v) is 21.3. The summed E-state index contributed by atoms with van der Waals surface area (Å²) in [6, 6.07) is 81.6. The van der Waals surface area contributed by atoms with Gasteiger partial charge >= 0.3 is 0 Å². The molecule has 1 spiro atoms. The Kier molecular flexibility index (Phi) is 7.52. The molecule has 0 saturated carbocycles. The molecule has 62 heavy (non-hydrogen) atoms. The van der Waals surface area contributed by atoms with E-state index < -0.39 is 5.41 Å². The lowest BCUT2D eigenvalue weighted by Gasteiger charge is -2.39. The summed E-state index contributed by atoms with van der Waals surface area (Å²) in [6.45, 7) is 0. The van der Waals surface area contributed by atoms with Crippen LogP contribution in [0, 0.1) is 0 Å². The maximum absolute atomic E-state index is 5.30. The average Bonchev–Trinajstić information content (AvgIpc) is 3.84. The van der Waals surface area contributed by atoms with Crippen LogP contribution in [0.2, 0.25) is 0 Å². The Hall–Kier alpha value is -8.14. The molecule has 0 N–H and O–H groups in total. The molecule has 3 heteroatoms. The number of rotatable bonds is 5. The molecular formula is C59H37N3. The lowest BCUT2D eigenvalue weighted by molar-refractivity contribution is 0.748. The van der Waals surface area contributed by atoms with E-state index in [9.17, 15) is 0 Å². The highest BCUT2D eigenvalue weighted by molar-refractivity contribution is 6.13. The molecule has 13 rings (SSSR count). The molecule has 1 unspecified atom stereocenters. The number of nitrogens with zero attached hydrogens (tertiary/aromatic N) is 3. The molecule has 0 amide bonds. The van der Waals surface area contributed by atoms with Crippen LogP contribution < -0.4 is 0 Å². The molecule has 11 aromatic rings. The summed E-state index contributed by atoms with van der Waals surface area (Å²) >= 11 is 0. The third kappa shape index (κ3) is 5.00. The van der Waals surface area contributed by atoms with E-state index in [0.29, 0.717) is 5.82 Å². The third-order valence-electron chi connectivity index (χ3n) is 13.2. The Morgan fingerprint density at radius 1 is 0.323 bits per heavy atom. The quantitative estimate of drug-likeness (QED) is 0.174. The summed E-state index contributed by atoms with van der Waals surface area (Å²) in [6.07, 6.45) is 0. The van der Waals surface area contributed by atoms with Crippen molar-refractivity contribution in [3.63, 3.8) is 0 Å². The molecule has 0 bridgehead atoms. The molecule has 288 valence electrons. The van der Waals surface area contributed by atoms with E-state index in [2.05, 4.69) is 217 Å². The highest BCUT2D eigenvalue weighted by Crippen LogP contribution is 2.61. The van der Waals surface area contributed by atoms with Crippen LogP contribution in [0.15, 0.2) is 224 Å². The predicted molar refractivity (Wildman–Crippen MR) is 254 cm³/mol. The van der Waals surface area contributed by atoms with Crippen molar-refractivity contribution in [1.29, 1.82) is 0 Å². The highest BCUT2D eigenvalue weighted by Gasteiger charge is 2.51. The van der Waals surface area contributed by atoms with Crippen LogP contribution >= 0.6 is 0 Å². The standard InChI is InChI=1S/C59H37N3/c1-4-16-38(17-5-1)41-22-14-23-42(34-41)43-30-32-49-47(35-43)48-36-44(54-37-53(39-18-6-2-7-19-39)60-58(61-54)40-20-8-3-9-21-40)31-33-50(48)59(49)51-26-11-13-29-56(51)62-55-28-12-10-24-45(55)46-25-15-27-52(59)57(46)62/h1-37H. The minimum absolute atomic E-state index is 0.565. The summed E-state index contributed by atoms with van der Waals surface area (Å²) in [5, 5.41) is 2.54. The Morgan fingerprint density at radius 3 is 1.60 bits per heavy atom. The van der Waals surface area contributed by atoms with Gasteiger partial charge in [-0.2, -0.15) is 0 Å². The van der Waals surface area contributed by atoms with E-state index in [1.807, 2.05) is 12.1 Å². The fourth-order valence-corrected chi connectivity index (χ4v) is 10.5. The van der Waals surface area contributed by atoms with Crippen molar-refractivity contribution in [2.45, 2.75) is 5.41 Å². The second kappa shape index (κ2) is 13.4. The topological polar surface area (TPSA) is 30.7 Å². The summed E-state index contributed by atoms with van der Waals surface area (Å²) in [4.78, 5) is 10.4. The fraction of sp³-hybridized carbons (Fsp3) is 0.0169. The smallest absolute Gasteiger partial charge is 0.160 e. The number of benzene rings is 9. The Labute approximate surface area is 359 Å². The number of para-hydroxylation sites is 3. The van der Waals surface area contributed by atoms with Gasteiger partial charge < -0.3 is 4.57 Å². The van der Waals surface area contributed by atoms with Gasteiger partial charge in [-0.15, -0.1) is 0 Å². The fourth-order valence-electron chi connectivity index (χ4n) is 10.5. The molecule has 1 atom stereocenters. The zero-order valence-electron chi connectivity index (χ0n) is 33.7. The van der Waals surface area contributed by atoms with Gasteiger partial charge in [0.15, 0.2) is 5.82 Å². The largest absolute Gasteiger partial charge is 0.309 e. The first kappa shape index (κ1) is 34.7. The van der Waals surface area contributed by atoms with Gasteiger partial charge in [0.05, 0.1) is 33.5 Å². The van der Waals surface area contributed by atoms with Gasteiger partial charge in [0.2, 0.25) is 0 Å². The van der Waals surface area contributed by atoms with Crippen molar-refractivity contribution < 1.29 is 0 Å². The molecule has 3 nitrogen and oxygen atoms in total. The van der Waals surface area contributed by atoms with Gasteiger partial charge in [-0.1, -0.05) is 188 Å². The summed E-state index contributed by atoms with van der Waals surface area (Å²) in [5.74, 6) is 0.709. The molecule has 2 aliphatic rings. The number of hydrogen-bond acceptors (Lipinski definition) is 2. The van der Waals surface area contributed by atoms with Crippen LogP contribution in [0.25, 0.3) is 94.8 Å². The maximum Gasteiger partial charge on any atom is 0.160 e. The highest BCUT2D eigenvalue weighted by atomic mass is 15.0. The lowest BCUT2D eigenvalue weighted by Crippen LogP contribution is -2.33. The maximum atomic E-state index is 5.30. The first-order valence-electron chi connectivity index (χ1n) is 21.3.